The van der Waals surface area contributed by atoms with Gasteiger partial charge in [0.15, 0.2) is 0 Å². The molecule has 1 fully saturated rings. The number of rotatable bonds is 2. The van der Waals surface area contributed by atoms with Gasteiger partial charge in [0.25, 0.3) is 0 Å². The van der Waals surface area contributed by atoms with Gasteiger partial charge in [-0.15, -0.1) is 0 Å². The molecule has 2 N–H and O–H groups in total. The van der Waals surface area contributed by atoms with E-state index in [1.807, 2.05) is 13.0 Å². The van der Waals surface area contributed by atoms with E-state index in [1.165, 1.54) is 5.70 Å². The van der Waals surface area contributed by atoms with Crippen LogP contribution in [0.5, 0.6) is 0 Å². The summed E-state index contributed by atoms with van der Waals surface area (Å²) in [6.07, 6.45) is 5.06. The van der Waals surface area contributed by atoms with E-state index in [1.54, 1.807) is 0 Å². The van der Waals surface area contributed by atoms with Gasteiger partial charge in [0.1, 0.15) is 0 Å². The number of likely N-dealkylation sites (tertiary alicyclic amines) is 1. The van der Waals surface area contributed by atoms with Crippen molar-refractivity contribution in [3.8, 4) is 0 Å². The monoisotopic (exact) mass is 152 g/mol. The maximum Gasteiger partial charge on any atom is 0.0330 e. The minimum atomic E-state index is 0.352. The Balaban J connectivity index is 2.54. The highest BCUT2D eigenvalue weighted by Crippen LogP contribution is 2.14. The molecule has 0 aromatic rings. The van der Waals surface area contributed by atoms with Crippen LogP contribution in [0.4, 0.5) is 0 Å². The molecule has 0 bridgehead atoms. The van der Waals surface area contributed by atoms with E-state index in [-0.39, 0.29) is 0 Å². The molecule has 1 saturated heterocycles. The average Bonchev–Trinajstić information content (AvgIpc) is 2.39. The fourth-order valence-corrected chi connectivity index (χ4v) is 1.45. The van der Waals surface area contributed by atoms with Crippen LogP contribution in [0.25, 0.3) is 0 Å². The molecule has 11 heavy (non-hydrogen) atoms. The predicted molar refractivity (Wildman–Crippen MR) is 48.1 cm³/mol. The van der Waals surface area contributed by atoms with Crippen LogP contribution in [-0.4, -0.2) is 24.0 Å². The van der Waals surface area contributed by atoms with Gasteiger partial charge in [-0.3, -0.25) is 0 Å². The van der Waals surface area contributed by atoms with Gasteiger partial charge in [-0.1, -0.05) is 12.7 Å². The summed E-state index contributed by atoms with van der Waals surface area (Å²) in [6.45, 7) is 7.83. The van der Waals surface area contributed by atoms with Crippen LogP contribution in [0.2, 0.25) is 0 Å². The van der Waals surface area contributed by atoms with E-state index in [0.717, 1.165) is 19.5 Å². The third kappa shape index (κ3) is 1.84. The Morgan fingerprint density at radius 2 is 2.45 bits per heavy atom. The van der Waals surface area contributed by atoms with E-state index in [2.05, 4.69) is 17.6 Å². The van der Waals surface area contributed by atoms with Gasteiger partial charge in [-0.2, -0.15) is 0 Å². The minimum Gasteiger partial charge on any atom is -0.370 e. The van der Waals surface area contributed by atoms with Gasteiger partial charge in [0, 0.05) is 24.8 Å². The second-order valence-electron chi connectivity index (χ2n) is 2.91. The number of allylic oxidation sites excluding steroid dienone is 2. The van der Waals surface area contributed by atoms with Gasteiger partial charge in [0.2, 0.25) is 0 Å². The highest BCUT2D eigenvalue weighted by atomic mass is 15.2. The number of nitrogens with zero attached hydrogens (tertiary/aromatic N) is 1. The standard InChI is InChI=1S/C9H16N2/c1-3-9(4-2)11-6-5-8(10)7-11/h3-4,8H,1,5-7,10H2,2H3/b9-4+. The molecule has 2 nitrogen and oxygen atoms in total. The van der Waals surface area contributed by atoms with Gasteiger partial charge in [-0.25, -0.2) is 0 Å². The Morgan fingerprint density at radius 1 is 1.73 bits per heavy atom. The van der Waals surface area contributed by atoms with Crippen LogP contribution in [0.1, 0.15) is 13.3 Å². The fraction of sp³-hybridized carbons (Fsp3) is 0.556. The SMILES string of the molecule is C=C/C(=C\C)N1CCC(N)C1. The summed E-state index contributed by atoms with van der Waals surface area (Å²) in [4.78, 5) is 2.28. The predicted octanol–water partition coefficient (Wildman–Crippen LogP) is 1.11. The molecule has 1 unspecified atom stereocenters. The molecule has 1 heterocycles. The van der Waals surface area contributed by atoms with E-state index in [4.69, 9.17) is 5.73 Å². The summed E-state index contributed by atoms with van der Waals surface area (Å²) >= 11 is 0. The average molecular weight is 152 g/mol. The zero-order valence-corrected chi connectivity index (χ0v) is 7.09. The van der Waals surface area contributed by atoms with Gasteiger partial charge >= 0.3 is 0 Å². The van der Waals surface area contributed by atoms with Crippen molar-refractivity contribution in [2.24, 2.45) is 5.73 Å². The topological polar surface area (TPSA) is 29.3 Å². The first-order valence-corrected chi connectivity index (χ1v) is 4.07. The normalized spacial score (nSPS) is 25.8. The maximum atomic E-state index is 5.77. The Hall–Kier alpha value is -0.760. The van der Waals surface area contributed by atoms with Crippen LogP contribution >= 0.6 is 0 Å². The molecule has 62 valence electrons. The summed E-state index contributed by atoms with van der Waals surface area (Å²) in [5.74, 6) is 0. The molecule has 0 saturated carbocycles. The van der Waals surface area contributed by atoms with Crippen molar-refractivity contribution in [3.63, 3.8) is 0 Å². The minimum absolute atomic E-state index is 0.352. The molecule has 1 aliphatic rings. The Morgan fingerprint density at radius 3 is 2.82 bits per heavy atom. The molecule has 2 heteroatoms. The van der Waals surface area contributed by atoms with Crippen LogP contribution < -0.4 is 5.73 Å². The fourth-order valence-electron chi connectivity index (χ4n) is 1.45. The molecule has 0 spiro atoms. The third-order valence-corrected chi connectivity index (χ3v) is 2.09. The van der Waals surface area contributed by atoms with Crippen molar-refractivity contribution >= 4 is 0 Å². The summed E-state index contributed by atoms with van der Waals surface area (Å²) in [6, 6.07) is 0.352. The molecule has 1 atom stereocenters. The van der Waals surface area contributed by atoms with Crippen molar-refractivity contribution < 1.29 is 0 Å². The largest absolute Gasteiger partial charge is 0.370 e. The highest BCUT2D eigenvalue weighted by Gasteiger charge is 2.18. The molecule has 0 amide bonds. The number of hydrogen-bond acceptors (Lipinski definition) is 2. The van der Waals surface area contributed by atoms with Gasteiger partial charge in [-0.05, 0) is 19.4 Å². The summed E-state index contributed by atoms with van der Waals surface area (Å²) in [5, 5.41) is 0. The second kappa shape index (κ2) is 3.58. The summed E-state index contributed by atoms with van der Waals surface area (Å²) in [5.41, 5.74) is 6.98. The lowest BCUT2D eigenvalue weighted by atomic mass is 10.3. The van der Waals surface area contributed by atoms with Crippen LogP contribution in [-0.2, 0) is 0 Å². The lowest BCUT2D eigenvalue weighted by Gasteiger charge is -2.18. The zero-order valence-electron chi connectivity index (χ0n) is 7.09. The summed E-state index contributed by atoms with van der Waals surface area (Å²) < 4.78 is 0. The molecule has 1 aliphatic heterocycles. The zero-order chi connectivity index (χ0) is 8.27. The van der Waals surface area contributed by atoms with Crippen LogP contribution in [0.15, 0.2) is 24.4 Å². The molecule has 0 aliphatic carbocycles. The van der Waals surface area contributed by atoms with Crippen molar-refractivity contribution in [2.75, 3.05) is 13.1 Å². The molecule has 0 aromatic carbocycles. The van der Waals surface area contributed by atoms with E-state index in [9.17, 15) is 0 Å². The number of nitrogens with two attached hydrogens (primary N) is 1. The first-order chi connectivity index (χ1) is 5.27. The lowest BCUT2D eigenvalue weighted by molar-refractivity contribution is 0.433. The van der Waals surface area contributed by atoms with Gasteiger partial charge in [0.05, 0.1) is 0 Å². The van der Waals surface area contributed by atoms with E-state index in [0.29, 0.717) is 6.04 Å². The van der Waals surface area contributed by atoms with Crippen LogP contribution in [0, 0.1) is 0 Å². The first-order valence-electron chi connectivity index (χ1n) is 4.07. The smallest absolute Gasteiger partial charge is 0.0330 e. The molecule has 0 aromatic heterocycles. The Labute approximate surface area is 68.4 Å². The van der Waals surface area contributed by atoms with Crippen molar-refractivity contribution in [3.05, 3.63) is 24.4 Å². The van der Waals surface area contributed by atoms with Crippen molar-refractivity contribution in [1.82, 2.24) is 4.90 Å². The maximum absolute atomic E-state index is 5.77. The molecule has 1 rings (SSSR count). The van der Waals surface area contributed by atoms with Crippen molar-refractivity contribution in [1.29, 1.82) is 0 Å². The second-order valence-corrected chi connectivity index (χ2v) is 2.91. The van der Waals surface area contributed by atoms with E-state index < -0.39 is 0 Å². The van der Waals surface area contributed by atoms with Crippen LogP contribution in [0.3, 0.4) is 0 Å². The number of hydrogen-bond donors (Lipinski definition) is 1. The third-order valence-electron chi connectivity index (χ3n) is 2.09. The Kier molecular flexibility index (Phi) is 2.71. The quantitative estimate of drug-likeness (QED) is 0.600. The molecular formula is C9H16N2. The van der Waals surface area contributed by atoms with Crippen molar-refractivity contribution in [2.45, 2.75) is 19.4 Å². The first kappa shape index (κ1) is 8.34. The lowest BCUT2D eigenvalue weighted by Crippen LogP contribution is -2.25. The van der Waals surface area contributed by atoms with Gasteiger partial charge < -0.3 is 10.6 Å². The molecule has 0 radical (unpaired) electrons. The van der Waals surface area contributed by atoms with E-state index >= 15 is 0 Å². The summed E-state index contributed by atoms with van der Waals surface area (Å²) in [7, 11) is 0. The Bertz CT molecular complexity index is 172. The molecular weight excluding hydrogens is 136 g/mol. The highest BCUT2D eigenvalue weighted by molar-refractivity contribution is 5.15.